The molecule has 2 aliphatic heterocycles. The summed E-state index contributed by atoms with van der Waals surface area (Å²) in [6, 6.07) is 8.02. The summed E-state index contributed by atoms with van der Waals surface area (Å²) in [6.45, 7) is 12.7. The smallest absolute Gasteiger partial charge is 0.410 e. The first-order valence-electron chi connectivity index (χ1n) is 12.0. The molecule has 2 amide bonds. The highest BCUT2D eigenvalue weighted by molar-refractivity contribution is 6.03. The van der Waals surface area contributed by atoms with Gasteiger partial charge in [-0.05, 0) is 49.8 Å². The molecule has 4 rings (SSSR count). The van der Waals surface area contributed by atoms with Crippen LogP contribution >= 0.6 is 0 Å². The van der Waals surface area contributed by atoms with Gasteiger partial charge < -0.3 is 14.5 Å². The van der Waals surface area contributed by atoms with Crippen molar-refractivity contribution < 1.29 is 19.1 Å². The van der Waals surface area contributed by atoms with E-state index in [1.165, 1.54) is 5.56 Å². The van der Waals surface area contributed by atoms with Crippen LogP contribution in [0.15, 0.2) is 29.8 Å². The van der Waals surface area contributed by atoms with Gasteiger partial charge in [0, 0.05) is 31.5 Å². The molecule has 33 heavy (non-hydrogen) atoms. The lowest BCUT2D eigenvalue weighted by molar-refractivity contribution is -0.143. The number of ketones is 1. The number of benzene rings is 1. The van der Waals surface area contributed by atoms with Crippen LogP contribution in [0.4, 0.5) is 4.79 Å². The van der Waals surface area contributed by atoms with E-state index in [0.29, 0.717) is 19.5 Å². The van der Waals surface area contributed by atoms with Crippen LogP contribution < -0.4 is 0 Å². The van der Waals surface area contributed by atoms with E-state index in [1.807, 2.05) is 70.7 Å². The van der Waals surface area contributed by atoms with Gasteiger partial charge in [0.1, 0.15) is 5.60 Å². The Morgan fingerprint density at radius 1 is 1.00 bits per heavy atom. The maximum absolute atomic E-state index is 13.7. The highest BCUT2D eigenvalue weighted by Gasteiger charge is 2.50. The summed E-state index contributed by atoms with van der Waals surface area (Å²) < 4.78 is 5.54. The summed E-state index contributed by atoms with van der Waals surface area (Å²) in [5, 5.41) is 0. The molecule has 0 aromatic heterocycles. The Bertz CT molecular complexity index is 998. The van der Waals surface area contributed by atoms with E-state index in [4.69, 9.17) is 4.74 Å². The van der Waals surface area contributed by atoms with Gasteiger partial charge in [-0.2, -0.15) is 0 Å². The molecular weight excluding hydrogens is 416 g/mol. The van der Waals surface area contributed by atoms with Crippen molar-refractivity contribution >= 4 is 23.9 Å². The fourth-order valence-corrected chi connectivity index (χ4v) is 5.22. The molecule has 2 bridgehead atoms. The maximum atomic E-state index is 13.7. The second-order valence-corrected chi connectivity index (χ2v) is 11.8. The zero-order chi connectivity index (χ0) is 24.1. The Hall–Kier alpha value is -2.63. The predicted molar refractivity (Wildman–Crippen MR) is 128 cm³/mol. The van der Waals surface area contributed by atoms with Gasteiger partial charge in [-0.1, -0.05) is 45.0 Å². The summed E-state index contributed by atoms with van der Waals surface area (Å²) in [4.78, 5) is 43.1. The number of hydrogen-bond donors (Lipinski definition) is 0. The molecule has 2 saturated heterocycles. The average molecular weight is 453 g/mol. The Morgan fingerprint density at radius 3 is 2.21 bits per heavy atom. The molecule has 6 heteroatoms. The van der Waals surface area contributed by atoms with Gasteiger partial charge >= 0.3 is 6.09 Å². The molecule has 0 radical (unpaired) electrons. The van der Waals surface area contributed by atoms with Crippen LogP contribution in [0.3, 0.4) is 0 Å². The van der Waals surface area contributed by atoms with E-state index < -0.39 is 11.5 Å². The highest BCUT2D eigenvalue weighted by Crippen LogP contribution is 2.38. The molecule has 3 atom stereocenters. The fourth-order valence-electron chi connectivity index (χ4n) is 5.22. The Morgan fingerprint density at radius 2 is 1.64 bits per heavy atom. The first kappa shape index (κ1) is 23.5. The maximum Gasteiger partial charge on any atom is 0.410 e. The number of likely N-dealkylation sites (tertiary alicyclic amines) is 2. The van der Waals surface area contributed by atoms with Crippen molar-refractivity contribution in [3.63, 3.8) is 0 Å². The minimum atomic E-state index is -0.541. The van der Waals surface area contributed by atoms with Crippen molar-refractivity contribution in [3.8, 4) is 0 Å². The van der Waals surface area contributed by atoms with Crippen molar-refractivity contribution in [2.75, 3.05) is 13.1 Å². The third-order valence-electron chi connectivity index (χ3n) is 7.01. The molecule has 0 unspecified atom stereocenters. The predicted octanol–water partition coefficient (Wildman–Crippen LogP) is 4.47. The number of amides is 2. The van der Waals surface area contributed by atoms with Gasteiger partial charge in [-0.25, -0.2) is 4.79 Å². The summed E-state index contributed by atoms with van der Waals surface area (Å²) in [7, 11) is 0. The van der Waals surface area contributed by atoms with Crippen LogP contribution in [-0.2, 0) is 20.7 Å². The van der Waals surface area contributed by atoms with Crippen LogP contribution in [0.5, 0.6) is 0 Å². The highest BCUT2D eigenvalue weighted by atomic mass is 16.6. The molecule has 2 heterocycles. The summed E-state index contributed by atoms with van der Waals surface area (Å²) in [5.41, 5.74) is 2.17. The number of fused-ring (bicyclic) bond motifs is 3. The number of nitrogens with zero attached hydrogens (tertiary/aromatic N) is 2. The number of allylic oxidation sites excluding steroid dienone is 1. The van der Waals surface area contributed by atoms with E-state index in [2.05, 4.69) is 6.07 Å². The van der Waals surface area contributed by atoms with Gasteiger partial charge in [-0.3, -0.25) is 9.59 Å². The molecule has 1 aliphatic carbocycles. The molecule has 3 aliphatic rings. The number of carbonyl (C=O) groups is 3. The molecule has 0 N–H and O–H groups in total. The Balaban J connectivity index is 1.43. The average Bonchev–Trinajstić information content (AvgIpc) is 3.42. The number of ether oxygens (including phenoxy) is 1. The van der Waals surface area contributed by atoms with Crippen LogP contribution in [-0.4, -0.2) is 58.4 Å². The second-order valence-electron chi connectivity index (χ2n) is 11.8. The molecular formula is C27H36N2O4. The van der Waals surface area contributed by atoms with E-state index in [0.717, 1.165) is 17.6 Å². The largest absolute Gasteiger partial charge is 0.444 e. The third-order valence-corrected chi connectivity index (χ3v) is 7.01. The monoisotopic (exact) mass is 452 g/mol. The van der Waals surface area contributed by atoms with Crippen molar-refractivity contribution in [1.82, 2.24) is 9.80 Å². The van der Waals surface area contributed by atoms with Crippen molar-refractivity contribution in [2.24, 2.45) is 11.3 Å². The standard InChI is InChI=1S/C27H36N2O4/c1-26(2,3)22(14-23(30)19-11-17-9-7-8-10-18(17)12-19)24(31)28-15-21-13-20(28)16-29(21)25(32)33-27(4,5)6/h7-11,20-22H,12-16H2,1-6H3/t20-,21-,22+/m0/s1. The SMILES string of the molecule is CC(C)(C)OC(=O)N1C[C@@H]2C[C@H]1CN2C(=O)[C@@H](CC(=O)C1=Cc2ccccc2C1)C(C)(C)C. The number of hydrogen-bond acceptors (Lipinski definition) is 4. The second kappa shape index (κ2) is 8.30. The van der Waals surface area contributed by atoms with Crippen LogP contribution in [0.1, 0.15) is 65.5 Å². The quantitative estimate of drug-likeness (QED) is 0.676. The molecule has 6 nitrogen and oxygen atoms in total. The summed E-state index contributed by atoms with van der Waals surface area (Å²) >= 11 is 0. The van der Waals surface area contributed by atoms with E-state index in [-0.39, 0.29) is 41.7 Å². The van der Waals surface area contributed by atoms with Crippen LogP contribution in [0, 0.1) is 11.3 Å². The molecule has 1 aromatic carbocycles. The van der Waals surface area contributed by atoms with Crippen LogP contribution in [0.2, 0.25) is 0 Å². The lowest BCUT2D eigenvalue weighted by Gasteiger charge is -2.39. The first-order chi connectivity index (χ1) is 15.3. The normalized spacial score (nSPS) is 22.8. The lowest BCUT2D eigenvalue weighted by Crippen LogP contribution is -2.54. The number of rotatable bonds is 4. The Kier molecular flexibility index (Phi) is 5.92. The molecule has 0 saturated carbocycles. The molecule has 178 valence electrons. The third kappa shape index (κ3) is 4.85. The van der Waals surface area contributed by atoms with Gasteiger partial charge in [0.15, 0.2) is 5.78 Å². The minimum absolute atomic E-state index is 0.00933. The lowest BCUT2D eigenvalue weighted by atomic mass is 9.76. The first-order valence-corrected chi connectivity index (χ1v) is 12.0. The summed E-state index contributed by atoms with van der Waals surface area (Å²) in [6.07, 6.45) is 3.29. The number of piperazine rings is 1. The molecule has 1 aromatic rings. The van der Waals surface area contributed by atoms with Crippen molar-refractivity contribution in [1.29, 1.82) is 0 Å². The number of Topliss-reactive ketones (excluding diaryl/α,β-unsaturated/α-hetero) is 1. The van der Waals surface area contributed by atoms with E-state index >= 15 is 0 Å². The minimum Gasteiger partial charge on any atom is -0.444 e. The topological polar surface area (TPSA) is 66.9 Å². The van der Waals surface area contributed by atoms with Gasteiger partial charge in [0.2, 0.25) is 5.91 Å². The van der Waals surface area contributed by atoms with Gasteiger partial charge in [-0.15, -0.1) is 0 Å². The van der Waals surface area contributed by atoms with E-state index in [9.17, 15) is 14.4 Å². The van der Waals surface area contributed by atoms with Gasteiger partial charge in [0.05, 0.1) is 18.0 Å². The van der Waals surface area contributed by atoms with Crippen molar-refractivity contribution in [2.45, 2.75) is 78.5 Å². The fraction of sp³-hybridized carbons (Fsp3) is 0.593. The zero-order valence-electron chi connectivity index (χ0n) is 20.7. The number of carbonyl (C=O) groups excluding carboxylic acids is 3. The molecule has 0 spiro atoms. The van der Waals surface area contributed by atoms with Crippen molar-refractivity contribution in [3.05, 3.63) is 41.0 Å². The summed E-state index contributed by atoms with van der Waals surface area (Å²) in [5.74, 6) is -0.313. The van der Waals surface area contributed by atoms with Gasteiger partial charge in [0.25, 0.3) is 0 Å². The Labute approximate surface area is 197 Å². The van der Waals surface area contributed by atoms with E-state index in [1.54, 1.807) is 4.90 Å². The molecule has 2 fully saturated rings. The zero-order valence-corrected chi connectivity index (χ0v) is 20.7. The van der Waals surface area contributed by atoms with Crippen LogP contribution in [0.25, 0.3) is 6.08 Å².